The molecule has 0 aliphatic rings. The van der Waals surface area contributed by atoms with Gasteiger partial charge in [0.05, 0.1) is 5.84 Å². The normalized spacial score (nSPS) is 12.8. The maximum Gasteiger partial charge on any atom is 0.244 e. The van der Waals surface area contributed by atoms with E-state index in [4.69, 9.17) is 5.73 Å². The minimum absolute atomic E-state index is 0.000278. The summed E-state index contributed by atoms with van der Waals surface area (Å²) in [6.45, 7) is 8.69. The summed E-state index contributed by atoms with van der Waals surface area (Å²) in [5.74, 6) is 0.523. The van der Waals surface area contributed by atoms with Crippen molar-refractivity contribution in [2.24, 2.45) is 16.1 Å². The van der Waals surface area contributed by atoms with Crippen molar-refractivity contribution in [2.75, 3.05) is 20.1 Å². The van der Waals surface area contributed by atoms with Crippen molar-refractivity contribution < 1.29 is 4.79 Å². The molecule has 0 saturated heterocycles. The number of likely N-dealkylation sites (N-methyl/N-ethyl adjacent to an activating group) is 1. The van der Waals surface area contributed by atoms with Crippen molar-refractivity contribution in [3.8, 4) is 0 Å². The zero-order valence-corrected chi connectivity index (χ0v) is 9.79. The summed E-state index contributed by atoms with van der Waals surface area (Å²) in [6, 6.07) is 0. The van der Waals surface area contributed by atoms with Gasteiger partial charge in [0, 0.05) is 19.0 Å². The van der Waals surface area contributed by atoms with Crippen LogP contribution in [0.5, 0.6) is 0 Å². The lowest BCUT2D eigenvalue weighted by atomic mass is 9.95. The van der Waals surface area contributed by atoms with Crippen LogP contribution in [0.1, 0.15) is 27.7 Å². The Morgan fingerprint density at radius 3 is 2.29 bits per heavy atom. The molecule has 82 valence electrons. The monoisotopic (exact) mass is 199 g/mol. The van der Waals surface area contributed by atoms with Crippen LogP contribution < -0.4 is 5.73 Å². The van der Waals surface area contributed by atoms with Gasteiger partial charge in [-0.3, -0.25) is 9.79 Å². The van der Waals surface area contributed by atoms with E-state index in [0.29, 0.717) is 12.4 Å². The summed E-state index contributed by atoms with van der Waals surface area (Å²) in [7, 11) is 1.76. The molecule has 4 heteroatoms. The second-order valence-electron chi connectivity index (χ2n) is 4.36. The Labute approximate surface area is 86.2 Å². The van der Waals surface area contributed by atoms with Gasteiger partial charge in [-0.05, 0) is 6.92 Å². The number of carbonyl (C=O) groups excluding carboxylic acids is 1. The SMILES string of the molecule is CCN(C)C(=O)CN=C(N)C(C)(C)C. The third-order valence-electron chi connectivity index (χ3n) is 2.05. The number of amidine groups is 1. The van der Waals surface area contributed by atoms with Gasteiger partial charge in [0.25, 0.3) is 0 Å². The van der Waals surface area contributed by atoms with E-state index in [-0.39, 0.29) is 17.9 Å². The summed E-state index contributed by atoms with van der Waals surface area (Å²) >= 11 is 0. The zero-order valence-electron chi connectivity index (χ0n) is 9.79. The molecule has 4 nitrogen and oxygen atoms in total. The van der Waals surface area contributed by atoms with Crippen LogP contribution in [0.3, 0.4) is 0 Å². The maximum atomic E-state index is 11.4. The molecule has 0 aromatic rings. The third kappa shape index (κ3) is 4.25. The highest BCUT2D eigenvalue weighted by molar-refractivity contribution is 5.88. The Balaban J connectivity index is 4.23. The molecule has 0 unspecified atom stereocenters. The van der Waals surface area contributed by atoms with Gasteiger partial charge in [0.1, 0.15) is 6.54 Å². The fourth-order valence-corrected chi connectivity index (χ4v) is 0.687. The van der Waals surface area contributed by atoms with Crippen molar-refractivity contribution in [1.29, 1.82) is 0 Å². The Morgan fingerprint density at radius 1 is 1.43 bits per heavy atom. The maximum absolute atomic E-state index is 11.4. The summed E-state index contributed by atoms with van der Waals surface area (Å²) in [6.07, 6.45) is 0. The average molecular weight is 199 g/mol. The first-order valence-electron chi connectivity index (χ1n) is 4.83. The molecule has 1 amide bonds. The largest absolute Gasteiger partial charge is 0.387 e. The second kappa shape index (κ2) is 4.98. The molecule has 2 N–H and O–H groups in total. The first kappa shape index (κ1) is 12.9. The molecule has 0 saturated carbocycles. The Morgan fingerprint density at radius 2 is 1.93 bits per heavy atom. The van der Waals surface area contributed by atoms with Crippen molar-refractivity contribution in [3.05, 3.63) is 0 Å². The smallest absolute Gasteiger partial charge is 0.244 e. The van der Waals surface area contributed by atoms with Crippen LogP contribution >= 0.6 is 0 Å². The molecule has 0 aliphatic heterocycles. The van der Waals surface area contributed by atoms with E-state index in [2.05, 4.69) is 4.99 Å². The summed E-state index contributed by atoms with van der Waals surface area (Å²) < 4.78 is 0. The van der Waals surface area contributed by atoms with E-state index in [9.17, 15) is 4.79 Å². The number of carbonyl (C=O) groups is 1. The summed E-state index contributed by atoms with van der Waals surface area (Å²) in [5, 5.41) is 0. The molecule has 0 heterocycles. The van der Waals surface area contributed by atoms with Crippen LogP contribution in [0, 0.1) is 5.41 Å². The van der Waals surface area contributed by atoms with Crippen molar-refractivity contribution >= 4 is 11.7 Å². The van der Waals surface area contributed by atoms with Gasteiger partial charge in [0.2, 0.25) is 5.91 Å². The van der Waals surface area contributed by atoms with E-state index in [1.807, 2.05) is 27.7 Å². The Bertz CT molecular complexity index is 228. The average Bonchev–Trinajstić information content (AvgIpc) is 2.10. The number of nitrogens with two attached hydrogens (primary N) is 1. The van der Waals surface area contributed by atoms with E-state index in [1.54, 1.807) is 11.9 Å². The number of aliphatic imine (C=N–C) groups is 1. The summed E-state index contributed by atoms with van der Waals surface area (Å²) in [4.78, 5) is 17.1. The highest BCUT2D eigenvalue weighted by atomic mass is 16.2. The molecule has 0 aliphatic carbocycles. The molecular formula is C10H21N3O. The second-order valence-corrected chi connectivity index (χ2v) is 4.36. The van der Waals surface area contributed by atoms with E-state index in [1.165, 1.54) is 0 Å². The van der Waals surface area contributed by atoms with Crippen LogP contribution in [0.15, 0.2) is 4.99 Å². The number of nitrogens with zero attached hydrogens (tertiary/aromatic N) is 2. The molecule has 0 rings (SSSR count). The van der Waals surface area contributed by atoms with Gasteiger partial charge in [0.15, 0.2) is 0 Å². The molecule has 0 atom stereocenters. The number of hydrogen-bond donors (Lipinski definition) is 1. The summed E-state index contributed by atoms with van der Waals surface area (Å²) in [5.41, 5.74) is 5.56. The fraction of sp³-hybridized carbons (Fsp3) is 0.800. The van der Waals surface area contributed by atoms with E-state index in [0.717, 1.165) is 0 Å². The fourth-order valence-electron chi connectivity index (χ4n) is 0.687. The lowest BCUT2D eigenvalue weighted by Gasteiger charge is -2.18. The standard InChI is InChI=1S/C10H21N3O/c1-6-13(5)8(14)7-12-9(11)10(2,3)4/h6-7H2,1-5H3,(H2,11,12). The van der Waals surface area contributed by atoms with Crippen molar-refractivity contribution in [1.82, 2.24) is 4.90 Å². The first-order chi connectivity index (χ1) is 6.29. The molecule has 0 aromatic carbocycles. The van der Waals surface area contributed by atoms with E-state index < -0.39 is 0 Å². The van der Waals surface area contributed by atoms with E-state index >= 15 is 0 Å². The van der Waals surface area contributed by atoms with Gasteiger partial charge >= 0.3 is 0 Å². The highest BCUT2D eigenvalue weighted by Gasteiger charge is 2.15. The van der Waals surface area contributed by atoms with Crippen LogP contribution in [-0.2, 0) is 4.79 Å². The quantitative estimate of drug-likeness (QED) is 0.541. The molecule has 0 radical (unpaired) electrons. The van der Waals surface area contributed by atoms with Gasteiger partial charge < -0.3 is 10.6 Å². The predicted molar refractivity (Wildman–Crippen MR) is 59.3 cm³/mol. The molecule has 0 spiro atoms. The van der Waals surface area contributed by atoms with Gasteiger partial charge in [-0.15, -0.1) is 0 Å². The van der Waals surface area contributed by atoms with Crippen molar-refractivity contribution in [3.63, 3.8) is 0 Å². The lowest BCUT2D eigenvalue weighted by molar-refractivity contribution is -0.128. The topological polar surface area (TPSA) is 58.7 Å². The number of hydrogen-bond acceptors (Lipinski definition) is 2. The Hall–Kier alpha value is -1.06. The van der Waals surface area contributed by atoms with Gasteiger partial charge in [-0.2, -0.15) is 0 Å². The van der Waals surface area contributed by atoms with Gasteiger partial charge in [-0.1, -0.05) is 20.8 Å². The van der Waals surface area contributed by atoms with Crippen molar-refractivity contribution in [2.45, 2.75) is 27.7 Å². The first-order valence-corrected chi connectivity index (χ1v) is 4.83. The number of amides is 1. The molecule has 0 fully saturated rings. The predicted octanol–water partition coefficient (Wildman–Crippen LogP) is 0.868. The zero-order chi connectivity index (χ0) is 11.4. The third-order valence-corrected chi connectivity index (χ3v) is 2.05. The van der Waals surface area contributed by atoms with Gasteiger partial charge in [-0.25, -0.2) is 0 Å². The number of rotatable bonds is 3. The molecule has 0 bridgehead atoms. The molecule has 14 heavy (non-hydrogen) atoms. The molecular weight excluding hydrogens is 178 g/mol. The van der Waals surface area contributed by atoms with Crippen LogP contribution in [-0.4, -0.2) is 36.8 Å². The van der Waals surface area contributed by atoms with Crippen LogP contribution in [0.4, 0.5) is 0 Å². The Kier molecular flexibility index (Phi) is 4.60. The molecule has 0 aromatic heterocycles. The van der Waals surface area contributed by atoms with Crippen LogP contribution in [0.2, 0.25) is 0 Å². The van der Waals surface area contributed by atoms with Crippen LogP contribution in [0.25, 0.3) is 0 Å². The highest BCUT2D eigenvalue weighted by Crippen LogP contribution is 2.12. The minimum Gasteiger partial charge on any atom is -0.387 e. The minimum atomic E-state index is -0.162. The lowest BCUT2D eigenvalue weighted by Crippen LogP contribution is -2.33.